The molecule has 1 aromatic heterocycles. The lowest BCUT2D eigenvalue weighted by molar-refractivity contribution is 0.102. The number of halogens is 1. The summed E-state index contributed by atoms with van der Waals surface area (Å²) in [5, 5.41) is 6.70. The van der Waals surface area contributed by atoms with Gasteiger partial charge in [0.2, 0.25) is 5.82 Å². The Kier molecular flexibility index (Phi) is 4.45. The van der Waals surface area contributed by atoms with Crippen molar-refractivity contribution in [1.29, 1.82) is 0 Å². The summed E-state index contributed by atoms with van der Waals surface area (Å²) in [6, 6.07) is 22.2. The maximum Gasteiger partial charge on any atom is 0.260 e. The minimum Gasteiger partial charge on any atom is -0.334 e. The van der Waals surface area contributed by atoms with E-state index in [1.807, 2.05) is 30.3 Å². The van der Waals surface area contributed by atoms with Gasteiger partial charge in [0.15, 0.2) is 0 Å². The predicted octanol–water partition coefficient (Wildman–Crippen LogP) is 4.80. The molecule has 1 amide bonds. The number of para-hydroxylation sites is 1. The van der Waals surface area contributed by atoms with Crippen LogP contribution in [0, 0.1) is 5.82 Å². The van der Waals surface area contributed by atoms with Crippen LogP contribution in [0.15, 0.2) is 83.4 Å². The van der Waals surface area contributed by atoms with Crippen molar-refractivity contribution in [2.75, 3.05) is 5.32 Å². The Morgan fingerprint density at radius 1 is 0.889 bits per heavy atom. The van der Waals surface area contributed by atoms with Crippen LogP contribution in [-0.4, -0.2) is 16.0 Å². The van der Waals surface area contributed by atoms with Crippen molar-refractivity contribution in [3.8, 4) is 22.8 Å². The van der Waals surface area contributed by atoms with Crippen molar-refractivity contribution in [1.82, 2.24) is 10.1 Å². The zero-order valence-corrected chi connectivity index (χ0v) is 14.1. The highest BCUT2D eigenvalue weighted by Gasteiger charge is 2.17. The van der Waals surface area contributed by atoms with E-state index in [2.05, 4.69) is 15.5 Å². The lowest BCUT2D eigenvalue weighted by Gasteiger charge is -2.09. The summed E-state index contributed by atoms with van der Waals surface area (Å²) in [7, 11) is 0. The Balaban J connectivity index is 1.65. The third kappa shape index (κ3) is 3.46. The summed E-state index contributed by atoms with van der Waals surface area (Å²) in [6.45, 7) is 0. The van der Waals surface area contributed by atoms with E-state index in [-0.39, 0.29) is 11.5 Å². The zero-order chi connectivity index (χ0) is 18.6. The van der Waals surface area contributed by atoms with Crippen LogP contribution in [0.5, 0.6) is 0 Å². The molecule has 6 heteroatoms. The van der Waals surface area contributed by atoms with Crippen LogP contribution in [0.3, 0.4) is 0 Å². The van der Waals surface area contributed by atoms with E-state index in [0.29, 0.717) is 17.1 Å². The molecule has 0 saturated carbocycles. The largest absolute Gasteiger partial charge is 0.334 e. The Hall–Kier alpha value is -3.80. The normalized spacial score (nSPS) is 10.6. The zero-order valence-electron chi connectivity index (χ0n) is 14.1. The minimum absolute atomic E-state index is 0.0391. The number of hydrogen-bond acceptors (Lipinski definition) is 4. The van der Waals surface area contributed by atoms with Crippen LogP contribution >= 0.6 is 0 Å². The molecule has 0 unspecified atom stereocenters. The second-order valence-electron chi connectivity index (χ2n) is 5.77. The van der Waals surface area contributed by atoms with Gasteiger partial charge in [0.25, 0.3) is 11.8 Å². The fraction of sp³-hybridized carbons (Fsp3) is 0. The van der Waals surface area contributed by atoms with E-state index >= 15 is 0 Å². The SMILES string of the molecule is O=C(Nc1ccccc1-c1nc(-c2ccccc2)no1)c1ccccc1F. The molecule has 0 fully saturated rings. The highest BCUT2D eigenvalue weighted by molar-refractivity contribution is 6.06. The van der Waals surface area contributed by atoms with E-state index in [1.54, 1.807) is 30.3 Å². The molecule has 5 nitrogen and oxygen atoms in total. The topological polar surface area (TPSA) is 68.0 Å². The van der Waals surface area contributed by atoms with Crippen LogP contribution in [0.4, 0.5) is 10.1 Å². The summed E-state index contributed by atoms with van der Waals surface area (Å²) < 4.78 is 19.2. The summed E-state index contributed by atoms with van der Waals surface area (Å²) in [5.41, 5.74) is 1.79. The number of nitrogens with zero attached hydrogens (tertiary/aromatic N) is 2. The Morgan fingerprint density at radius 2 is 1.59 bits per heavy atom. The predicted molar refractivity (Wildman–Crippen MR) is 99.5 cm³/mol. The number of carbonyl (C=O) groups is 1. The van der Waals surface area contributed by atoms with Crippen molar-refractivity contribution < 1.29 is 13.7 Å². The molecule has 1 N–H and O–H groups in total. The van der Waals surface area contributed by atoms with Gasteiger partial charge >= 0.3 is 0 Å². The lowest BCUT2D eigenvalue weighted by atomic mass is 10.1. The Bertz CT molecular complexity index is 1090. The summed E-state index contributed by atoms with van der Waals surface area (Å²) in [6.07, 6.45) is 0. The molecule has 0 radical (unpaired) electrons. The van der Waals surface area contributed by atoms with Crippen molar-refractivity contribution in [2.24, 2.45) is 0 Å². The van der Waals surface area contributed by atoms with Gasteiger partial charge in [-0.3, -0.25) is 4.79 Å². The van der Waals surface area contributed by atoms with Crippen molar-refractivity contribution in [3.05, 3.63) is 90.2 Å². The molecule has 0 bridgehead atoms. The first-order valence-electron chi connectivity index (χ1n) is 8.27. The molecular formula is C21H14FN3O2. The number of nitrogens with one attached hydrogen (secondary N) is 1. The summed E-state index contributed by atoms with van der Waals surface area (Å²) in [5.74, 6) is -0.431. The monoisotopic (exact) mass is 359 g/mol. The fourth-order valence-corrected chi connectivity index (χ4v) is 2.65. The summed E-state index contributed by atoms with van der Waals surface area (Å²) >= 11 is 0. The van der Waals surface area contributed by atoms with Gasteiger partial charge in [-0.2, -0.15) is 4.98 Å². The van der Waals surface area contributed by atoms with Crippen LogP contribution in [0.25, 0.3) is 22.8 Å². The quantitative estimate of drug-likeness (QED) is 0.568. The van der Waals surface area contributed by atoms with E-state index in [4.69, 9.17) is 4.52 Å². The first kappa shape index (κ1) is 16.7. The molecule has 27 heavy (non-hydrogen) atoms. The first-order chi connectivity index (χ1) is 13.2. The molecule has 4 aromatic rings. The van der Waals surface area contributed by atoms with Crippen LogP contribution < -0.4 is 5.32 Å². The van der Waals surface area contributed by atoms with E-state index in [9.17, 15) is 9.18 Å². The highest BCUT2D eigenvalue weighted by Crippen LogP contribution is 2.29. The van der Waals surface area contributed by atoms with Gasteiger partial charge in [-0.05, 0) is 24.3 Å². The third-order valence-electron chi connectivity index (χ3n) is 3.98. The van der Waals surface area contributed by atoms with Gasteiger partial charge in [-0.25, -0.2) is 4.39 Å². The van der Waals surface area contributed by atoms with Crippen molar-refractivity contribution in [2.45, 2.75) is 0 Å². The molecule has 1 heterocycles. The second kappa shape index (κ2) is 7.21. The number of benzene rings is 3. The number of aromatic nitrogens is 2. The van der Waals surface area contributed by atoms with Gasteiger partial charge < -0.3 is 9.84 Å². The first-order valence-corrected chi connectivity index (χ1v) is 8.27. The average Bonchev–Trinajstić information content (AvgIpc) is 3.19. The van der Waals surface area contributed by atoms with E-state index in [1.165, 1.54) is 18.2 Å². The molecule has 0 spiro atoms. The van der Waals surface area contributed by atoms with Gasteiger partial charge in [0.1, 0.15) is 5.82 Å². The van der Waals surface area contributed by atoms with Gasteiger partial charge in [-0.15, -0.1) is 0 Å². The third-order valence-corrected chi connectivity index (χ3v) is 3.98. The van der Waals surface area contributed by atoms with Crippen molar-refractivity contribution >= 4 is 11.6 Å². The number of rotatable bonds is 4. The molecule has 3 aromatic carbocycles. The molecule has 0 aliphatic heterocycles. The van der Waals surface area contributed by atoms with Crippen molar-refractivity contribution in [3.63, 3.8) is 0 Å². The molecule has 4 rings (SSSR count). The smallest absolute Gasteiger partial charge is 0.260 e. The standard InChI is InChI=1S/C21H14FN3O2/c22-17-12-6-4-10-15(17)20(26)23-18-13-7-5-11-16(18)21-24-19(25-27-21)14-8-2-1-3-9-14/h1-13H,(H,23,26). The molecule has 0 aliphatic rings. The Labute approximate surface area is 154 Å². The van der Waals surface area contributed by atoms with E-state index < -0.39 is 11.7 Å². The second-order valence-corrected chi connectivity index (χ2v) is 5.77. The van der Waals surface area contributed by atoms with Crippen LogP contribution in [-0.2, 0) is 0 Å². The fourth-order valence-electron chi connectivity index (χ4n) is 2.65. The van der Waals surface area contributed by atoms with E-state index in [0.717, 1.165) is 5.56 Å². The maximum atomic E-state index is 13.9. The van der Waals surface area contributed by atoms with Gasteiger partial charge in [-0.1, -0.05) is 59.8 Å². The lowest BCUT2D eigenvalue weighted by Crippen LogP contribution is -2.14. The van der Waals surface area contributed by atoms with Gasteiger partial charge in [0, 0.05) is 5.56 Å². The number of amides is 1. The maximum absolute atomic E-state index is 13.9. The highest BCUT2D eigenvalue weighted by atomic mass is 19.1. The molecule has 0 aliphatic carbocycles. The molecule has 0 atom stereocenters. The molecular weight excluding hydrogens is 345 g/mol. The van der Waals surface area contributed by atoms with Crippen LogP contribution in [0.2, 0.25) is 0 Å². The number of hydrogen-bond donors (Lipinski definition) is 1. The van der Waals surface area contributed by atoms with Gasteiger partial charge in [0.05, 0.1) is 16.8 Å². The average molecular weight is 359 g/mol. The number of carbonyl (C=O) groups excluding carboxylic acids is 1. The molecule has 132 valence electrons. The Morgan fingerprint density at radius 3 is 2.41 bits per heavy atom. The molecule has 0 saturated heterocycles. The number of anilines is 1. The minimum atomic E-state index is -0.586. The summed E-state index contributed by atoms with van der Waals surface area (Å²) in [4.78, 5) is 16.8. The van der Waals surface area contributed by atoms with Crippen LogP contribution in [0.1, 0.15) is 10.4 Å².